The maximum absolute atomic E-state index is 13.3. The summed E-state index contributed by atoms with van der Waals surface area (Å²) < 4.78 is 5.80. The molecule has 2 aliphatic heterocycles. The van der Waals surface area contributed by atoms with Crippen molar-refractivity contribution in [2.75, 3.05) is 39.3 Å². The van der Waals surface area contributed by atoms with Gasteiger partial charge in [-0.15, -0.1) is 24.8 Å². The molecule has 2 saturated heterocycles. The van der Waals surface area contributed by atoms with Crippen molar-refractivity contribution >= 4 is 30.7 Å². The average Bonchev–Trinajstić information content (AvgIpc) is 2.63. The fourth-order valence-corrected chi connectivity index (χ4v) is 5.09. The monoisotopic (exact) mass is 437 g/mol. The minimum Gasteiger partial charge on any atom is -0.378 e. The maximum atomic E-state index is 13.3. The van der Waals surface area contributed by atoms with Crippen LogP contribution in [0.4, 0.5) is 0 Å². The zero-order valence-electron chi connectivity index (χ0n) is 18.1. The Kier molecular flexibility index (Phi) is 9.55. The van der Waals surface area contributed by atoms with E-state index in [-0.39, 0.29) is 42.2 Å². The van der Waals surface area contributed by atoms with Crippen molar-refractivity contribution in [2.45, 2.75) is 71.4 Å². The van der Waals surface area contributed by atoms with Crippen molar-refractivity contribution in [3.8, 4) is 0 Å². The van der Waals surface area contributed by atoms with E-state index in [4.69, 9.17) is 10.5 Å². The van der Waals surface area contributed by atoms with Gasteiger partial charge in [-0.25, -0.2) is 0 Å². The van der Waals surface area contributed by atoms with Crippen LogP contribution in [0.3, 0.4) is 0 Å². The molecule has 3 aliphatic rings. The molecular formula is C21H41Cl2N3O2. The number of hydrogen-bond donors (Lipinski definition) is 1. The Hall–Kier alpha value is -0.0700. The highest BCUT2D eigenvalue weighted by Crippen LogP contribution is 2.50. The summed E-state index contributed by atoms with van der Waals surface area (Å²) in [6.07, 6.45) is 5.71. The van der Waals surface area contributed by atoms with Crippen molar-refractivity contribution in [2.24, 2.45) is 23.0 Å². The van der Waals surface area contributed by atoms with Crippen molar-refractivity contribution in [3.05, 3.63) is 0 Å². The van der Waals surface area contributed by atoms with E-state index in [1.54, 1.807) is 0 Å². The molecule has 3 fully saturated rings. The molecule has 7 heteroatoms. The van der Waals surface area contributed by atoms with Crippen LogP contribution in [0.15, 0.2) is 0 Å². The molecule has 1 aliphatic carbocycles. The van der Waals surface area contributed by atoms with Gasteiger partial charge in [0.05, 0.1) is 6.10 Å². The number of hydrogen-bond acceptors (Lipinski definition) is 4. The normalized spacial score (nSPS) is 33.4. The molecule has 1 amide bonds. The van der Waals surface area contributed by atoms with E-state index in [9.17, 15) is 4.79 Å². The summed E-state index contributed by atoms with van der Waals surface area (Å²) in [7, 11) is 0. The highest BCUT2D eigenvalue weighted by Gasteiger charge is 2.63. The smallest absolute Gasteiger partial charge is 0.243 e. The predicted octanol–water partition coefficient (Wildman–Crippen LogP) is 3.33. The Morgan fingerprint density at radius 1 is 1.14 bits per heavy atom. The van der Waals surface area contributed by atoms with Gasteiger partial charge in [0.15, 0.2) is 0 Å². The zero-order valence-corrected chi connectivity index (χ0v) is 19.7. The van der Waals surface area contributed by atoms with E-state index in [0.717, 1.165) is 32.0 Å². The number of ether oxygens (including phenoxy) is 1. The van der Waals surface area contributed by atoms with Crippen LogP contribution in [0.5, 0.6) is 0 Å². The van der Waals surface area contributed by atoms with Crippen LogP contribution in [0.25, 0.3) is 0 Å². The third-order valence-corrected chi connectivity index (χ3v) is 7.41. The lowest BCUT2D eigenvalue weighted by Crippen LogP contribution is -2.76. The minimum absolute atomic E-state index is 0. The van der Waals surface area contributed by atoms with Crippen LogP contribution < -0.4 is 5.73 Å². The number of carbonyl (C=O) groups is 1. The second-order valence-corrected chi connectivity index (χ2v) is 9.58. The fraction of sp³-hybridized carbons (Fsp3) is 0.952. The van der Waals surface area contributed by atoms with E-state index in [2.05, 4.69) is 30.6 Å². The highest BCUT2D eigenvalue weighted by atomic mass is 35.5. The summed E-state index contributed by atoms with van der Waals surface area (Å²) in [5, 5.41) is 0. The lowest BCUT2D eigenvalue weighted by atomic mass is 9.54. The molecule has 0 radical (unpaired) electrons. The molecule has 0 bridgehead atoms. The van der Waals surface area contributed by atoms with Gasteiger partial charge in [-0.1, -0.05) is 20.8 Å². The standard InChI is InChI=1S/C21H39N3O2.2ClH/c1-5-26-18-13-21(22,20(18,3)4)19(25)24-10-6-7-17(15-24)14-23-11-8-16(2)9-12-23;;/h16-18H,5-15,22H2,1-4H3;2*1H. The topological polar surface area (TPSA) is 58.8 Å². The summed E-state index contributed by atoms with van der Waals surface area (Å²) in [5.41, 5.74) is 5.57. The first kappa shape index (κ1) is 26.0. The Morgan fingerprint density at radius 2 is 1.79 bits per heavy atom. The number of nitrogens with two attached hydrogens (primary N) is 1. The van der Waals surface area contributed by atoms with Crippen LogP contribution in [0.1, 0.15) is 59.8 Å². The first-order valence-electron chi connectivity index (χ1n) is 10.7. The molecule has 5 nitrogen and oxygen atoms in total. The van der Waals surface area contributed by atoms with Crippen LogP contribution in [0.2, 0.25) is 0 Å². The maximum Gasteiger partial charge on any atom is 0.243 e. The average molecular weight is 438 g/mol. The molecule has 0 spiro atoms. The van der Waals surface area contributed by atoms with Crippen LogP contribution in [0, 0.1) is 17.3 Å². The Balaban J connectivity index is 0.00000196. The summed E-state index contributed by atoms with van der Waals surface area (Å²) in [4.78, 5) is 17.9. The first-order chi connectivity index (χ1) is 12.3. The number of nitrogens with zero attached hydrogens (tertiary/aromatic N) is 2. The van der Waals surface area contributed by atoms with Crippen molar-refractivity contribution in [1.29, 1.82) is 0 Å². The SMILES string of the molecule is CCOC1CC(N)(C(=O)N2CCCC(CN3CCC(C)CC3)C2)C1(C)C.Cl.Cl. The molecule has 3 rings (SSSR count). The fourth-order valence-electron chi connectivity index (χ4n) is 5.09. The molecule has 0 aromatic heterocycles. The molecule has 3 unspecified atom stereocenters. The van der Waals surface area contributed by atoms with E-state index in [1.165, 1.54) is 32.4 Å². The number of amides is 1. The minimum atomic E-state index is -0.769. The number of likely N-dealkylation sites (tertiary alicyclic amines) is 2. The molecular weight excluding hydrogens is 397 g/mol. The van der Waals surface area contributed by atoms with E-state index in [0.29, 0.717) is 18.9 Å². The number of halogens is 2. The quantitative estimate of drug-likeness (QED) is 0.716. The zero-order chi connectivity index (χ0) is 18.9. The molecule has 0 aromatic carbocycles. The molecule has 166 valence electrons. The Bertz CT molecular complexity index is 512. The van der Waals surface area contributed by atoms with Crippen LogP contribution in [-0.4, -0.2) is 66.7 Å². The number of carbonyl (C=O) groups excluding carboxylic acids is 1. The molecule has 0 aromatic rings. The van der Waals surface area contributed by atoms with Gasteiger partial charge < -0.3 is 20.3 Å². The Morgan fingerprint density at radius 3 is 2.36 bits per heavy atom. The van der Waals surface area contributed by atoms with Gasteiger partial charge in [0.1, 0.15) is 5.54 Å². The van der Waals surface area contributed by atoms with Gasteiger partial charge in [-0.2, -0.15) is 0 Å². The van der Waals surface area contributed by atoms with Gasteiger partial charge in [0.2, 0.25) is 5.91 Å². The summed E-state index contributed by atoms with van der Waals surface area (Å²) in [6.45, 7) is 14.5. The van der Waals surface area contributed by atoms with Crippen molar-refractivity contribution in [3.63, 3.8) is 0 Å². The summed E-state index contributed by atoms with van der Waals surface area (Å²) >= 11 is 0. The van der Waals surface area contributed by atoms with E-state index < -0.39 is 5.54 Å². The number of rotatable bonds is 5. The largest absolute Gasteiger partial charge is 0.378 e. The third kappa shape index (κ3) is 4.97. The van der Waals surface area contributed by atoms with E-state index >= 15 is 0 Å². The first-order valence-corrected chi connectivity index (χ1v) is 10.7. The van der Waals surface area contributed by atoms with Gasteiger partial charge in [0, 0.05) is 38.1 Å². The molecule has 1 saturated carbocycles. The third-order valence-electron chi connectivity index (χ3n) is 7.41. The Labute approximate surface area is 183 Å². The van der Waals surface area contributed by atoms with E-state index in [1.807, 2.05) is 6.92 Å². The van der Waals surface area contributed by atoms with Gasteiger partial charge in [-0.3, -0.25) is 4.79 Å². The molecule has 2 N–H and O–H groups in total. The van der Waals surface area contributed by atoms with Crippen LogP contribution >= 0.6 is 24.8 Å². The molecule has 2 heterocycles. The second kappa shape index (κ2) is 10.3. The predicted molar refractivity (Wildman–Crippen MR) is 119 cm³/mol. The summed E-state index contributed by atoms with van der Waals surface area (Å²) in [6, 6.07) is 0. The van der Waals surface area contributed by atoms with Crippen LogP contribution in [-0.2, 0) is 9.53 Å². The second-order valence-electron chi connectivity index (χ2n) is 9.58. The van der Waals surface area contributed by atoms with Gasteiger partial charge >= 0.3 is 0 Å². The highest BCUT2D eigenvalue weighted by molar-refractivity contribution is 5.89. The lowest BCUT2D eigenvalue weighted by Gasteiger charge is -2.59. The summed E-state index contributed by atoms with van der Waals surface area (Å²) in [5.74, 6) is 1.61. The van der Waals surface area contributed by atoms with Crippen molar-refractivity contribution in [1.82, 2.24) is 9.80 Å². The van der Waals surface area contributed by atoms with Gasteiger partial charge in [0.25, 0.3) is 0 Å². The lowest BCUT2D eigenvalue weighted by molar-refractivity contribution is -0.180. The number of piperidine rings is 2. The van der Waals surface area contributed by atoms with Gasteiger partial charge in [-0.05, 0) is 57.5 Å². The molecule has 3 atom stereocenters. The molecule has 28 heavy (non-hydrogen) atoms. The van der Waals surface area contributed by atoms with Crippen molar-refractivity contribution < 1.29 is 9.53 Å².